The first-order valence-electron chi connectivity index (χ1n) is 5.87. The molecule has 0 saturated carbocycles. The summed E-state index contributed by atoms with van der Waals surface area (Å²) in [4.78, 5) is 17.8. The topological polar surface area (TPSA) is 33.2 Å². The zero-order valence-corrected chi connectivity index (χ0v) is 10.6. The van der Waals surface area contributed by atoms with E-state index in [0.29, 0.717) is 24.9 Å². The van der Waals surface area contributed by atoms with Crippen molar-refractivity contribution >= 4 is 17.7 Å². The highest BCUT2D eigenvalue weighted by atomic mass is 32.2. The van der Waals surface area contributed by atoms with Crippen LogP contribution in [0.3, 0.4) is 0 Å². The van der Waals surface area contributed by atoms with Crippen molar-refractivity contribution in [1.29, 1.82) is 0 Å². The molecule has 0 N–H and O–H groups in total. The van der Waals surface area contributed by atoms with Gasteiger partial charge in [-0.1, -0.05) is 0 Å². The van der Waals surface area contributed by atoms with E-state index in [2.05, 4.69) is 4.98 Å². The van der Waals surface area contributed by atoms with Gasteiger partial charge in [0, 0.05) is 19.3 Å². The van der Waals surface area contributed by atoms with Crippen molar-refractivity contribution in [3.05, 3.63) is 23.9 Å². The second kappa shape index (κ2) is 6.13. The number of pyridine rings is 1. The number of aromatic nitrogens is 1. The van der Waals surface area contributed by atoms with Crippen LogP contribution in [0.4, 0.5) is 8.78 Å². The number of carbonyl (C=O) groups is 1. The number of alkyl halides is 2. The summed E-state index contributed by atoms with van der Waals surface area (Å²) in [5.41, 5.74) is 0.282. The molecule has 0 unspecified atom stereocenters. The maximum Gasteiger partial charge on any atom is 0.290 e. The Morgan fingerprint density at radius 1 is 1.33 bits per heavy atom. The molecule has 0 radical (unpaired) electrons. The number of carbonyl (C=O) groups excluding carboxylic acids is 1. The third kappa shape index (κ3) is 3.19. The van der Waals surface area contributed by atoms with E-state index in [9.17, 15) is 13.6 Å². The molecule has 1 aliphatic rings. The molecule has 1 amide bonds. The predicted molar refractivity (Wildman–Crippen MR) is 65.9 cm³/mol. The van der Waals surface area contributed by atoms with Crippen molar-refractivity contribution in [3.8, 4) is 0 Å². The molecule has 2 rings (SSSR count). The number of halogens is 2. The summed E-state index contributed by atoms with van der Waals surface area (Å²) in [6, 6.07) is 3.17. The summed E-state index contributed by atoms with van der Waals surface area (Å²) in [6.07, 6.45) is 4.50. The summed E-state index contributed by atoms with van der Waals surface area (Å²) in [7, 11) is 0. The van der Waals surface area contributed by atoms with Crippen LogP contribution < -0.4 is 0 Å². The molecule has 0 bridgehead atoms. The molecule has 1 fully saturated rings. The van der Waals surface area contributed by atoms with E-state index < -0.39 is 5.76 Å². The van der Waals surface area contributed by atoms with Crippen LogP contribution in [0.25, 0.3) is 0 Å². The largest absolute Gasteiger partial charge is 0.339 e. The van der Waals surface area contributed by atoms with Crippen molar-refractivity contribution in [2.45, 2.75) is 30.0 Å². The van der Waals surface area contributed by atoms with Gasteiger partial charge in [-0.15, -0.1) is 0 Å². The van der Waals surface area contributed by atoms with E-state index in [4.69, 9.17) is 0 Å². The first-order chi connectivity index (χ1) is 8.68. The van der Waals surface area contributed by atoms with E-state index >= 15 is 0 Å². The number of hydrogen-bond acceptors (Lipinski definition) is 3. The first kappa shape index (κ1) is 13.3. The van der Waals surface area contributed by atoms with E-state index in [1.165, 1.54) is 6.20 Å². The van der Waals surface area contributed by atoms with E-state index in [1.807, 2.05) is 0 Å². The third-order valence-corrected chi connectivity index (χ3v) is 3.57. The maximum absolute atomic E-state index is 12.4. The molecule has 1 aromatic rings. The van der Waals surface area contributed by atoms with E-state index in [0.717, 1.165) is 19.3 Å². The van der Waals surface area contributed by atoms with Crippen molar-refractivity contribution in [1.82, 2.24) is 9.88 Å². The number of thioether (sulfide) groups is 1. The molecule has 98 valence electrons. The lowest BCUT2D eigenvalue weighted by Gasteiger charge is -2.27. The van der Waals surface area contributed by atoms with Gasteiger partial charge >= 0.3 is 0 Å². The molecule has 0 spiro atoms. The quantitative estimate of drug-likeness (QED) is 0.793. The molecule has 0 aromatic carbocycles. The minimum absolute atomic E-state index is 0.114. The Hall–Kier alpha value is -1.17. The highest BCUT2D eigenvalue weighted by Gasteiger charge is 2.22. The van der Waals surface area contributed by atoms with Crippen LogP contribution in [0.2, 0.25) is 0 Å². The lowest BCUT2D eigenvalue weighted by molar-refractivity contribution is 0.0720. The second-order valence-electron chi connectivity index (χ2n) is 4.09. The fourth-order valence-corrected chi connectivity index (χ4v) is 2.57. The van der Waals surface area contributed by atoms with Crippen LogP contribution in [0.5, 0.6) is 0 Å². The Balaban J connectivity index is 2.18. The fourth-order valence-electron chi connectivity index (χ4n) is 2.00. The Morgan fingerprint density at radius 3 is 2.72 bits per heavy atom. The third-order valence-electron chi connectivity index (χ3n) is 2.85. The molecule has 0 atom stereocenters. The van der Waals surface area contributed by atoms with Gasteiger partial charge in [0.1, 0.15) is 5.03 Å². The molecule has 6 heteroatoms. The molecule has 2 heterocycles. The highest BCUT2D eigenvalue weighted by Crippen LogP contribution is 2.27. The van der Waals surface area contributed by atoms with Crippen LogP contribution in [-0.2, 0) is 0 Å². The summed E-state index contributed by atoms with van der Waals surface area (Å²) >= 11 is 0.325. The van der Waals surface area contributed by atoms with Crippen LogP contribution >= 0.6 is 11.8 Å². The number of nitrogens with zero attached hydrogens (tertiary/aromatic N) is 2. The van der Waals surface area contributed by atoms with Gasteiger partial charge in [0.2, 0.25) is 0 Å². The lowest BCUT2D eigenvalue weighted by atomic mass is 10.1. The van der Waals surface area contributed by atoms with E-state index in [1.54, 1.807) is 17.0 Å². The minimum Gasteiger partial charge on any atom is -0.339 e. The smallest absolute Gasteiger partial charge is 0.290 e. The Labute approximate surface area is 109 Å². The SMILES string of the molecule is O=C(c1cccnc1SC(F)F)N1CCCCC1. The fraction of sp³-hybridized carbons (Fsp3) is 0.500. The Morgan fingerprint density at radius 2 is 2.06 bits per heavy atom. The zero-order valence-electron chi connectivity index (χ0n) is 9.81. The number of amides is 1. The van der Waals surface area contributed by atoms with Crippen molar-refractivity contribution in [3.63, 3.8) is 0 Å². The lowest BCUT2D eigenvalue weighted by Crippen LogP contribution is -2.36. The Kier molecular flexibility index (Phi) is 4.52. The van der Waals surface area contributed by atoms with Crippen LogP contribution in [0, 0.1) is 0 Å². The normalized spacial score (nSPS) is 16.1. The molecule has 0 aliphatic carbocycles. The maximum atomic E-state index is 12.4. The van der Waals surface area contributed by atoms with Gasteiger partial charge in [0.05, 0.1) is 5.56 Å². The van der Waals surface area contributed by atoms with Gasteiger partial charge in [-0.25, -0.2) is 4.98 Å². The number of hydrogen-bond donors (Lipinski definition) is 0. The molecular formula is C12H14F2N2OS. The van der Waals surface area contributed by atoms with Gasteiger partial charge in [0.15, 0.2) is 0 Å². The van der Waals surface area contributed by atoms with Crippen LogP contribution in [-0.4, -0.2) is 34.6 Å². The molecule has 1 saturated heterocycles. The summed E-state index contributed by atoms with van der Waals surface area (Å²) in [5, 5.41) is 0.114. The number of rotatable bonds is 3. The van der Waals surface area contributed by atoms with Gasteiger partial charge in [-0.3, -0.25) is 4.79 Å². The molecule has 1 aliphatic heterocycles. The van der Waals surface area contributed by atoms with Crippen LogP contribution in [0.1, 0.15) is 29.6 Å². The summed E-state index contributed by atoms with van der Waals surface area (Å²) in [6.45, 7) is 1.40. The van der Waals surface area contributed by atoms with Crippen LogP contribution in [0.15, 0.2) is 23.4 Å². The standard InChI is InChI=1S/C12H14F2N2OS/c13-12(14)18-10-9(5-4-6-15-10)11(17)16-7-2-1-3-8-16/h4-6,12H,1-3,7-8H2. The van der Waals surface area contributed by atoms with Gasteiger partial charge in [-0.05, 0) is 43.2 Å². The van der Waals surface area contributed by atoms with Crippen molar-refractivity contribution in [2.75, 3.05) is 13.1 Å². The van der Waals surface area contributed by atoms with Gasteiger partial charge in [0.25, 0.3) is 11.7 Å². The first-order valence-corrected chi connectivity index (χ1v) is 6.75. The molecule has 1 aromatic heterocycles. The minimum atomic E-state index is -2.56. The number of piperidine rings is 1. The van der Waals surface area contributed by atoms with Crippen molar-refractivity contribution in [2.24, 2.45) is 0 Å². The van der Waals surface area contributed by atoms with E-state index in [-0.39, 0.29) is 16.5 Å². The zero-order chi connectivity index (χ0) is 13.0. The van der Waals surface area contributed by atoms with Gasteiger partial charge in [-0.2, -0.15) is 8.78 Å². The highest BCUT2D eigenvalue weighted by molar-refractivity contribution is 7.99. The van der Waals surface area contributed by atoms with Gasteiger partial charge < -0.3 is 4.90 Å². The predicted octanol–water partition coefficient (Wildman–Crippen LogP) is 3.02. The average molecular weight is 272 g/mol. The molecule has 18 heavy (non-hydrogen) atoms. The number of likely N-dealkylation sites (tertiary alicyclic amines) is 1. The molecular weight excluding hydrogens is 258 g/mol. The summed E-state index contributed by atoms with van der Waals surface area (Å²) in [5.74, 6) is -2.75. The summed E-state index contributed by atoms with van der Waals surface area (Å²) < 4.78 is 24.8. The average Bonchev–Trinajstić information content (AvgIpc) is 2.39. The second-order valence-corrected chi connectivity index (χ2v) is 5.07. The Bertz CT molecular complexity index is 422. The molecule has 3 nitrogen and oxygen atoms in total. The monoisotopic (exact) mass is 272 g/mol. The van der Waals surface area contributed by atoms with Crippen molar-refractivity contribution < 1.29 is 13.6 Å².